The van der Waals surface area contributed by atoms with Crippen molar-refractivity contribution in [3.05, 3.63) is 71.6 Å². The van der Waals surface area contributed by atoms with Crippen molar-refractivity contribution in [2.24, 2.45) is 0 Å². The summed E-state index contributed by atoms with van der Waals surface area (Å²) in [5.41, 5.74) is 1.08. The molecule has 2 N–H and O–H groups in total. The lowest BCUT2D eigenvalue weighted by molar-refractivity contribution is 0.102. The van der Waals surface area contributed by atoms with Gasteiger partial charge in [0.1, 0.15) is 11.5 Å². The highest BCUT2D eigenvalue weighted by atomic mass is 32.2. The van der Waals surface area contributed by atoms with Gasteiger partial charge in [0.05, 0.1) is 22.4 Å². The Bertz CT molecular complexity index is 1530. The third-order valence-corrected chi connectivity index (χ3v) is 6.86. The van der Waals surface area contributed by atoms with Gasteiger partial charge in [-0.25, -0.2) is 22.2 Å². The highest BCUT2D eigenvalue weighted by molar-refractivity contribution is 7.92. The molecular weight excluding hydrogens is 476 g/mol. The second kappa shape index (κ2) is 9.41. The minimum absolute atomic E-state index is 0.232. The second-order valence-electron chi connectivity index (χ2n) is 8.17. The maximum Gasteiger partial charge on any atom is 0.232 e. The summed E-state index contributed by atoms with van der Waals surface area (Å²) < 4.78 is 56.0. The first-order valence-corrected chi connectivity index (χ1v) is 12.4. The lowest BCUT2D eigenvalue weighted by Crippen LogP contribution is -2.18. The molecule has 0 saturated heterocycles. The zero-order chi connectivity index (χ0) is 25.3. The third-order valence-electron chi connectivity index (χ3n) is 5.38. The Labute approximate surface area is 201 Å². The molecule has 0 spiro atoms. The zero-order valence-corrected chi connectivity index (χ0v) is 20.1. The Balaban J connectivity index is 1.78. The maximum absolute atomic E-state index is 15.2. The van der Waals surface area contributed by atoms with E-state index in [-0.39, 0.29) is 22.5 Å². The summed E-state index contributed by atoms with van der Waals surface area (Å²) >= 11 is 0. The molecule has 0 radical (unpaired) electrons. The van der Waals surface area contributed by atoms with E-state index in [9.17, 15) is 17.6 Å². The van der Waals surface area contributed by atoms with E-state index in [1.807, 2.05) is 43.3 Å². The van der Waals surface area contributed by atoms with Crippen LogP contribution in [0.5, 0.6) is 0 Å². The molecule has 0 aliphatic rings. The lowest BCUT2D eigenvalue weighted by Gasteiger charge is -2.13. The molecule has 0 unspecified atom stereocenters. The van der Waals surface area contributed by atoms with Crippen LogP contribution in [0.1, 0.15) is 29.4 Å². The number of anilines is 2. The molecule has 0 fully saturated rings. The molecule has 2 heterocycles. The molecule has 35 heavy (non-hydrogen) atoms. The molecule has 4 rings (SSSR count). The number of fused-ring (bicyclic) bond motifs is 1. The number of nitrogens with one attached hydrogen (secondary N) is 2. The van der Waals surface area contributed by atoms with Gasteiger partial charge in [-0.1, -0.05) is 19.1 Å². The Morgan fingerprint density at radius 3 is 2.60 bits per heavy atom. The van der Waals surface area contributed by atoms with Crippen LogP contribution in [-0.4, -0.2) is 49.2 Å². The molecule has 4 aromatic rings. The molecule has 0 amide bonds. The smallest absolute Gasteiger partial charge is 0.232 e. The fourth-order valence-electron chi connectivity index (χ4n) is 3.64. The van der Waals surface area contributed by atoms with Gasteiger partial charge in [0.2, 0.25) is 15.8 Å². The summed E-state index contributed by atoms with van der Waals surface area (Å²) in [6.07, 6.45) is 1.91. The summed E-state index contributed by atoms with van der Waals surface area (Å²) in [5, 5.41) is 6.84. The molecule has 2 aromatic carbocycles. The largest absolute Gasteiger partial charge is 0.378 e. The second-order valence-corrected chi connectivity index (χ2v) is 10.0. The number of hydrogen-bond acceptors (Lipinski definition) is 6. The van der Waals surface area contributed by atoms with Gasteiger partial charge >= 0.3 is 0 Å². The first-order chi connectivity index (χ1) is 16.6. The molecule has 2 aromatic heterocycles. The van der Waals surface area contributed by atoms with Crippen LogP contribution in [0.15, 0.2) is 48.7 Å². The number of aromatic amines is 1. The lowest BCUT2D eigenvalue weighted by atomic mass is 10.0. The molecule has 0 saturated carbocycles. The Morgan fingerprint density at radius 2 is 1.89 bits per heavy atom. The first-order valence-electron chi connectivity index (χ1n) is 10.8. The van der Waals surface area contributed by atoms with Gasteiger partial charge < -0.3 is 4.90 Å². The predicted molar refractivity (Wildman–Crippen MR) is 131 cm³/mol. The van der Waals surface area contributed by atoms with Crippen molar-refractivity contribution >= 4 is 38.2 Å². The van der Waals surface area contributed by atoms with Crippen LogP contribution in [0.25, 0.3) is 22.2 Å². The van der Waals surface area contributed by atoms with Gasteiger partial charge in [-0.05, 0) is 42.3 Å². The number of aromatic nitrogens is 3. The summed E-state index contributed by atoms with van der Waals surface area (Å²) in [7, 11) is -0.0366. The van der Waals surface area contributed by atoms with Crippen LogP contribution in [-0.2, 0) is 10.0 Å². The molecule has 0 bridgehead atoms. The van der Waals surface area contributed by atoms with Gasteiger partial charge in [0.25, 0.3) is 0 Å². The average Bonchev–Trinajstić information content (AvgIpc) is 3.24. The quantitative estimate of drug-likeness (QED) is 0.349. The van der Waals surface area contributed by atoms with Gasteiger partial charge in [-0.15, -0.1) is 0 Å². The van der Waals surface area contributed by atoms with Crippen molar-refractivity contribution in [2.75, 3.05) is 29.5 Å². The highest BCUT2D eigenvalue weighted by Crippen LogP contribution is 2.29. The van der Waals surface area contributed by atoms with Crippen molar-refractivity contribution in [1.82, 2.24) is 15.2 Å². The van der Waals surface area contributed by atoms with E-state index in [4.69, 9.17) is 0 Å². The number of carbonyl (C=O) groups excluding carboxylic acids is 1. The van der Waals surface area contributed by atoms with Crippen molar-refractivity contribution in [1.29, 1.82) is 0 Å². The van der Waals surface area contributed by atoms with Crippen molar-refractivity contribution in [2.45, 2.75) is 13.3 Å². The maximum atomic E-state index is 15.2. The molecule has 11 heteroatoms. The van der Waals surface area contributed by atoms with Crippen LogP contribution in [0.2, 0.25) is 0 Å². The first kappa shape index (κ1) is 24.3. The molecule has 0 aliphatic carbocycles. The summed E-state index contributed by atoms with van der Waals surface area (Å²) in [6, 6.07) is 11.1. The van der Waals surface area contributed by atoms with Gasteiger partial charge in [0.15, 0.2) is 11.5 Å². The number of rotatable bonds is 8. The minimum Gasteiger partial charge on any atom is -0.378 e. The van der Waals surface area contributed by atoms with Crippen LogP contribution >= 0.6 is 0 Å². The van der Waals surface area contributed by atoms with E-state index in [1.165, 1.54) is 0 Å². The van der Waals surface area contributed by atoms with E-state index in [0.717, 1.165) is 23.4 Å². The number of benzene rings is 2. The average molecular weight is 500 g/mol. The van der Waals surface area contributed by atoms with E-state index in [0.29, 0.717) is 12.0 Å². The fraction of sp³-hybridized carbons (Fsp3) is 0.208. The van der Waals surface area contributed by atoms with E-state index >= 15 is 4.39 Å². The predicted octanol–water partition coefficient (Wildman–Crippen LogP) is 4.35. The topological polar surface area (TPSA) is 108 Å². The monoisotopic (exact) mass is 499 g/mol. The molecule has 0 atom stereocenters. The number of H-pyrrole nitrogens is 1. The van der Waals surface area contributed by atoms with E-state index in [1.54, 1.807) is 19.2 Å². The molecular formula is C24H23F2N5O3S. The highest BCUT2D eigenvalue weighted by Gasteiger charge is 2.27. The number of nitrogens with zero attached hydrogens (tertiary/aromatic N) is 3. The Morgan fingerprint density at radius 1 is 1.11 bits per heavy atom. The van der Waals surface area contributed by atoms with Gasteiger partial charge in [-0.2, -0.15) is 5.10 Å². The number of sulfonamides is 1. The molecule has 182 valence electrons. The molecule has 8 nitrogen and oxygen atoms in total. The SMILES string of the molecule is CCCS(=O)(=O)Nc1ccc(F)c(C(=O)c2n[nH]c3ncc(-c4cccc(N(C)C)c4)cc23)c1F. The summed E-state index contributed by atoms with van der Waals surface area (Å²) in [6.45, 7) is 1.65. The Kier molecular flexibility index (Phi) is 6.53. The van der Waals surface area contributed by atoms with Crippen LogP contribution in [0, 0.1) is 11.6 Å². The van der Waals surface area contributed by atoms with E-state index < -0.39 is 38.7 Å². The normalized spacial score (nSPS) is 11.6. The zero-order valence-electron chi connectivity index (χ0n) is 19.3. The van der Waals surface area contributed by atoms with Gasteiger partial charge in [-0.3, -0.25) is 14.6 Å². The fourth-order valence-corrected chi connectivity index (χ4v) is 4.78. The number of pyridine rings is 1. The van der Waals surface area contributed by atoms with Crippen molar-refractivity contribution < 1.29 is 22.0 Å². The minimum atomic E-state index is -3.86. The number of hydrogen-bond donors (Lipinski definition) is 2. The van der Waals surface area contributed by atoms with Crippen LogP contribution < -0.4 is 9.62 Å². The van der Waals surface area contributed by atoms with E-state index in [2.05, 4.69) is 19.9 Å². The number of carbonyl (C=O) groups is 1. The van der Waals surface area contributed by atoms with Gasteiger partial charge in [0, 0.05) is 31.5 Å². The van der Waals surface area contributed by atoms with Crippen molar-refractivity contribution in [3.8, 4) is 11.1 Å². The third kappa shape index (κ3) is 4.85. The standard InChI is InChI=1S/C24H23F2N5O3S/c1-4-10-35(33,34)30-19-9-8-18(25)20(21(19)26)23(32)22-17-12-15(13-27-24(17)29-28-22)14-6-5-7-16(11-14)31(2)3/h5-9,11-13,30H,4,10H2,1-3H3,(H,27,28,29). The van der Waals surface area contributed by atoms with Crippen LogP contribution in [0.3, 0.4) is 0 Å². The van der Waals surface area contributed by atoms with Crippen molar-refractivity contribution in [3.63, 3.8) is 0 Å². The van der Waals surface area contributed by atoms with Crippen LogP contribution in [0.4, 0.5) is 20.2 Å². The number of halogens is 2. The summed E-state index contributed by atoms with van der Waals surface area (Å²) in [4.78, 5) is 19.5. The summed E-state index contributed by atoms with van der Waals surface area (Å²) in [5.74, 6) is -3.73. The molecule has 0 aliphatic heterocycles. The number of ketones is 1. The Hall–Kier alpha value is -3.86.